The van der Waals surface area contributed by atoms with E-state index in [4.69, 9.17) is 4.98 Å². The third-order valence-electron chi connectivity index (χ3n) is 10.2. The van der Waals surface area contributed by atoms with Crippen LogP contribution in [0.2, 0.25) is 0 Å². The highest BCUT2D eigenvalue weighted by Gasteiger charge is 2.22. The fraction of sp³-hybridized carbons (Fsp3) is 0. The predicted octanol–water partition coefficient (Wildman–Crippen LogP) is 11.5. The van der Waals surface area contributed by atoms with Gasteiger partial charge in [-0.25, -0.2) is 4.98 Å². The molecule has 0 saturated carbocycles. The first kappa shape index (κ1) is 26.4. The molecule has 228 valence electrons. The normalized spacial score (nSPS) is 12.1. The number of para-hydroxylation sites is 4. The fourth-order valence-corrected chi connectivity index (χ4v) is 8.12. The van der Waals surface area contributed by atoms with Crippen LogP contribution in [-0.4, -0.2) is 18.5 Å². The van der Waals surface area contributed by atoms with Gasteiger partial charge in [-0.1, -0.05) is 115 Å². The number of aromatic nitrogens is 4. The Labute approximate surface area is 281 Å². The van der Waals surface area contributed by atoms with E-state index in [2.05, 4.69) is 183 Å². The van der Waals surface area contributed by atoms with Crippen LogP contribution in [0.3, 0.4) is 0 Å². The van der Waals surface area contributed by atoms with Gasteiger partial charge in [0.15, 0.2) is 0 Å². The van der Waals surface area contributed by atoms with Gasteiger partial charge in [0, 0.05) is 38.3 Å². The van der Waals surface area contributed by atoms with E-state index in [-0.39, 0.29) is 0 Å². The van der Waals surface area contributed by atoms with E-state index in [0.29, 0.717) is 0 Å². The number of nitrogens with zero attached hydrogens (tertiary/aromatic N) is 4. The summed E-state index contributed by atoms with van der Waals surface area (Å²) in [6.07, 6.45) is 0. The quantitative estimate of drug-likeness (QED) is 0.192. The molecule has 0 N–H and O–H groups in total. The van der Waals surface area contributed by atoms with E-state index in [1.807, 2.05) is 0 Å². The van der Waals surface area contributed by atoms with Gasteiger partial charge < -0.3 is 4.57 Å². The molecule has 4 heteroatoms. The van der Waals surface area contributed by atoms with Gasteiger partial charge in [-0.2, -0.15) is 0 Å². The summed E-state index contributed by atoms with van der Waals surface area (Å²) in [6.45, 7) is 0. The summed E-state index contributed by atoms with van der Waals surface area (Å²) in [5, 5.41) is 7.29. The smallest absolute Gasteiger partial charge is 0.147 e. The first-order valence-electron chi connectivity index (χ1n) is 16.7. The molecule has 0 fully saturated rings. The van der Waals surface area contributed by atoms with Crippen molar-refractivity contribution in [3.05, 3.63) is 170 Å². The number of rotatable bonds is 3. The average molecular weight is 625 g/mol. The Morgan fingerprint density at radius 3 is 1.82 bits per heavy atom. The minimum Gasteiger partial charge on any atom is -0.309 e. The minimum atomic E-state index is 0.976. The number of hydrogen-bond donors (Lipinski definition) is 0. The molecule has 11 aromatic rings. The van der Waals surface area contributed by atoms with Crippen LogP contribution < -0.4 is 0 Å². The molecule has 49 heavy (non-hydrogen) atoms. The molecule has 7 aromatic carbocycles. The van der Waals surface area contributed by atoms with E-state index < -0.39 is 0 Å². The van der Waals surface area contributed by atoms with Gasteiger partial charge in [-0.3, -0.25) is 8.97 Å². The largest absolute Gasteiger partial charge is 0.309 e. The first-order chi connectivity index (χ1) is 24.3. The van der Waals surface area contributed by atoms with Crippen molar-refractivity contribution in [3.63, 3.8) is 0 Å². The van der Waals surface area contributed by atoms with Crippen LogP contribution >= 0.6 is 0 Å². The molecule has 4 aromatic heterocycles. The lowest BCUT2D eigenvalue weighted by Crippen LogP contribution is -2.00. The van der Waals surface area contributed by atoms with Gasteiger partial charge in [-0.05, 0) is 71.1 Å². The molecule has 0 saturated heterocycles. The molecular weight excluding hydrogens is 597 g/mol. The maximum Gasteiger partial charge on any atom is 0.147 e. The molecular formula is C45H28N4. The van der Waals surface area contributed by atoms with Crippen LogP contribution in [0.15, 0.2) is 170 Å². The summed E-state index contributed by atoms with van der Waals surface area (Å²) >= 11 is 0. The topological polar surface area (TPSA) is 27.2 Å². The van der Waals surface area contributed by atoms with Crippen molar-refractivity contribution in [1.82, 2.24) is 18.5 Å². The highest BCUT2D eigenvalue weighted by atomic mass is 15.1. The summed E-state index contributed by atoms with van der Waals surface area (Å²) in [4.78, 5) is 5.20. The highest BCUT2D eigenvalue weighted by molar-refractivity contribution is 6.24. The number of pyridine rings is 1. The van der Waals surface area contributed by atoms with Gasteiger partial charge in [0.25, 0.3) is 0 Å². The molecule has 0 radical (unpaired) electrons. The van der Waals surface area contributed by atoms with Crippen LogP contribution in [0.4, 0.5) is 0 Å². The maximum absolute atomic E-state index is 5.20. The van der Waals surface area contributed by atoms with Crippen LogP contribution in [-0.2, 0) is 0 Å². The first-order valence-corrected chi connectivity index (χ1v) is 16.7. The van der Waals surface area contributed by atoms with Crippen molar-refractivity contribution in [3.8, 4) is 22.5 Å². The van der Waals surface area contributed by atoms with Crippen LogP contribution in [0.1, 0.15) is 0 Å². The van der Waals surface area contributed by atoms with Crippen molar-refractivity contribution >= 4 is 71.2 Å². The number of fused-ring (bicyclic) bond motifs is 13. The zero-order valence-corrected chi connectivity index (χ0v) is 26.5. The van der Waals surface area contributed by atoms with Gasteiger partial charge in [-0.15, -0.1) is 0 Å². The summed E-state index contributed by atoms with van der Waals surface area (Å²) in [5.41, 5.74) is 12.4. The summed E-state index contributed by atoms with van der Waals surface area (Å²) < 4.78 is 7.22. The predicted molar refractivity (Wildman–Crippen MR) is 204 cm³/mol. The van der Waals surface area contributed by atoms with E-state index in [1.165, 1.54) is 54.6 Å². The average Bonchev–Trinajstić information content (AvgIpc) is 3.83. The van der Waals surface area contributed by atoms with Crippen LogP contribution in [0.5, 0.6) is 0 Å². The Kier molecular flexibility index (Phi) is 5.35. The Hall–Kier alpha value is -6.65. The number of benzene rings is 7. The van der Waals surface area contributed by atoms with Crippen LogP contribution in [0, 0.1) is 0 Å². The van der Waals surface area contributed by atoms with Gasteiger partial charge in [0.1, 0.15) is 11.3 Å². The highest BCUT2D eigenvalue weighted by Crippen LogP contribution is 2.41. The van der Waals surface area contributed by atoms with Crippen molar-refractivity contribution in [1.29, 1.82) is 0 Å². The summed E-state index contributed by atoms with van der Waals surface area (Å²) in [6, 6.07) is 61.2. The molecule has 0 atom stereocenters. The molecule has 4 nitrogen and oxygen atoms in total. The van der Waals surface area contributed by atoms with Crippen molar-refractivity contribution in [2.45, 2.75) is 0 Å². The second-order valence-electron chi connectivity index (χ2n) is 12.8. The van der Waals surface area contributed by atoms with Crippen molar-refractivity contribution in [2.75, 3.05) is 0 Å². The Morgan fingerprint density at radius 2 is 0.980 bits per heavy atom. The zero-order chi connectivity index (χ0) is 32.1. The van der Waals surface area contributed by atoms with E-state index in [9.17, 15) is 0 Å². The third kappa shape index (κ3) is 3.66. The van der Waals surface area contributed by atoms with Crippen molar-refractivity contribution in [2.24, 2.45) is 0 Å². The Bertz CT molecular complexity index is 3100. The lowest BCUT2D eigenvalue weighted by Gasteiger charge is -2.13. The Morgan fingerprint density at radius 1 is 0.367 bits per heavy atom. The van der Waals surface area contributed by atoms with Crippen LogP contribution in [0.25, 0.3) is 93.7 Å². The lowest BCUT2D eigenvalue weighted by molar-refractivity contribution is 1.12. The fourth-order valence-electron chi connectivity index (χ4n) is 8.12. The molecule has 0 aliphatic rings. The molecule has 0 aliphatic carbocycles. The second kappa shape index (κ2) is 9.93. The van der Waals surface area contributed by atoms with Crippen molar-refractivity contribution < 1.29 is 0 Å². The van der Waals surface area contributed by atoms with E-state index >= 15 is 0 Å². The second-order valence-corrected chi connectivity index (χ2v) is 12.8. The molecule has 0 amide bonds. The molecule has 0 unspecified atom stereocenters. The monoisotopic (exact) mass is 624 g/mol. The molecule has 0 spiro atoms. The SMILES string of the molecule is c1ccc(-c2cccc(-n3c4ccccc4c4cc(-n5c6ccccc6c6c7ccccc7c7nc8ccccc8n7c65)ccc43)c2)cc1. The maximum atomic E-state index is 5.20. The van der Waals surface area contributed by atoms with Gasteiger partial charge >= 0.3 is 0 Å². The molecule has 0 aliphatic heterocycles. The molecule has 0 bridgehead atoms. The zero-order valence-electron chi connectivity index (χ0n) is 26.5. The van der Waals surface area contributed by atoms with Gasteiger partial charge in [0.05, 0.1) is 27.6 Å². The lowest BCUT2D eigenvalue weighted by atomic mass is 10.1. The van der Waals surface area contributed by atoms with Gasteiger partial charge in [0.2, 0.25) is 0 Å². The third-order valence-corrected chi connectivity index (χ3v) is 10.2. The Balaban J connectivity index is 1.25. The number of imidazole rings is 1. The minimum absolute atomic E-state index is 0.976. The molecule has 11 rings (SSSR count). The summed E-state index contributed by atoms with van der Waals surface area (Å²) in [7, 11) is 0. The standard InChI is InChI=1S/C45H28N4/c1-2-13-29(14-3-1)30-15-12-16-31(27-30)47-39-22-9-6-17-33(39)37-28-32(25-26-41(37)47)48-40-23-10-7-20-36(40)43-34-18-4-5-19-35(34)44-46-38-21-8-11-24-42(38)49(44)45(43)48/h1-28H. The summed E-state index contributed by atoms with van der Waals surface area (Å²) in [5.74, 6) is 0. The van der Waals surface area contributed by atoms with E-state index in [1.54, 1.807) is 0 Å². The van der Waals surface area contributed by atoms with E-state index in [0.717, 1.165) is 39.1 Å². The molecule has 4 heterocycles. The number of hydrogen-bond acceptors (Lipinski definition) is 1.